The Bertz CT molecular complexity index is 675. The molecule has 0 bridgehead atoms. The second-order valence-corrected chi connectivity index (χ2v) is 6.30. The van der Waals surface area contributed by atoms with Gasteiger partial charge in [-0.3, -0.25) is 9.78 Å². The first-order valence-electron chi connectivity index (χ1n) is 6.07. The highest BCUT2D eigenvalue weighted by Gasteiger charge is 2.57. The fourth-order valence-electron chi connectivity index (χ4n) is 1.92. The van der Waals surface area contributed by atoms with Crippen LogP contribution in [0.5, 0.6) is 0 Å². The van der Waals surface area contributed by atoms with Crippen LogP contribution in [0.25, 0.3) is 0 Å². The summed E-state index contributed by atoms with van der Waals surface area (Å²) in [6, 6.07) is 0. The first-order valence-corrected chi connectivity index (χ1v) is 7.72. The standard InChI is InChI=1S/C9H14N5O8P/c10-1-5(13-9(11)14-6(1)17)12-7-3(16)2(15)4(22-7)8(18)23(19,20)21/h2-4,7,15-16,19-21H,10H2,(H3-,11,12,13,14,17)/p+1/t2-,3+,4-,7?/m0/s1. The van der Waals surface area contributed by atoms with E-state index in [1.807, 2.05) is 0 Å². The number of aromatic amines is 1. The molecule has 11 N–H and O–H groups in total. The molecule has 1 unspecified atom stereocenters. The van der Waals surface area contributed by atoms with E-state index in [1.165, 1.54) is 0 Å². The van der Waals surface area contributed by atoms with Gasteiger partial charge in [0, 0.05) is 0 Å². The molecular formula is C9H15N5O8P+. The zero-order valence-electron chi connectivity index (χ0n) is 11.3. The fourth-order valence-corrected chi connectivity index (χ4v) is 2.47. The van der Waals surface area contributed by atoms with Gasteiger partial charge in [-0.15, -0.1) is 0 Å². The molecule has 0 spiro atoms. The van der Waals surface area contributed by atoms with Crippen LogP contribution in [0, 0.1) is 0 Å². The Morgan fingerprint density at radius 2 is 1.87 bits per heavy atom. The van der Waals surface area contributed by atoms with Crippen molar-refractivity contribution in [1.82, 2.24) is 9.97 Å². The molecular weight excluding hydrogens is 337 g/mol. The zero-order valence-corrected chi connectivity index (χ0v) is 12.2. The summed E-state index contributed by atoms with van der Waals surface area (Å²) >= 11 is 0. The largest absolute Gasteiger partial charge is 0.481 e. The van der Waals surface area contributed by atoms with Gasteiger partial charge in [0.05, 0.1) is 0 Å². The highest BCUT2D eigenvalue weighted by molar-refractivity contribution is 7.76. The minimum absolute atomic E-state index is 0.284. The minimum Gasteiger partial charge on any atom is -0.391 e. The van der Waals surface area contributed by atoms with Crippen LogP contribution in [-0.4, -0.2) is 64.9 Å². The molecule has 4 atom stereocenters. The van der Waals surface area contributed by atoms with Crippen LogP contribution in [0.4, 0.5) is 17.5 Å². The Labute approximate surface area is 128 Å². The molecule has 13 nitrogen and oxygen atoms in total. The number of nitrogen functional groups attached to an aromatic ring is 2. The lowest BCUT2D eigenvalue weighted by molar-refractivity contribution is -0.127. The third-order valence-electron chi connectivity index (χ3n) is 3.06. The maximum Gasteiger partial charge on any atom is 0.481 e. The molecule has 128 valence electrons. The summed E-state index contributed by atoms with van der Waals surface area (Å²) in [5, 5.41) is 21.9. The predicted octanol–water partition coefficient (Wildman–Crippen LogP) is -3.94. The summed E-state index contributed by atoms with van der Waals surface area (Å²) in [6.07, 6.45) is -6.98. The predicted molar refractivity (Wildman–Crippen MR) is 76.6 cm³/mol. The zero-order chi connectivity index (χ0) is 17.5. The number of aromatic nitrogens is 2. The summed E-state index contributed by atoms with van der Waals surface area (Å²) in [4.78, 5) is 55.6. The summed E-state index contributed by atoms with van der Waals surface area (Å²) in [5.74, 6) is -0.577. The minimum atomic E-state index is -4.93. The molecule has 1 aliphatic heterocycles. The van der Waals surface area contributed by atoms with Crippen molar-refractivity contribution in [3.63, 3.8) is 0 Å². The van der Waals surface area contributed by atoms with Gasteiger partial charge < -0.3 is 31.7 Å². The number of nitrogens with two attached hydrogens (primary N) is 2. The molecule has 1 aromatic heterocycles. The van der Waals surface area contributed by atoms with Gasteiger partial charge in [-0.2, -0.15) is 19.7 Å². The highest BCUT2D eigenvalue weighted by atomic mass is 31.2. The van der Waals surface area contributed by atoms with Crippen molar-refractivity contribution in [2.24, 2.45) is 0 Å². The molecule has 1 saturated heterocycles. The van der Waals surface area contributed by atoms with Crippen molar-refractivity contribution >= 4 is 30.9 Å². The summed E-state index contributed by atoms with van der Waals surface area (Å²) < 4.78 is 4.95. The van der Waals surface area contributed by atoms with Crippen LogP contribution in [0.2, 0.25) is 0 Å². The van der Waals surface area contributed by atoms with Crippen LogP contribution in [0.3, 0.4) is 0 Å². The van der Waals surface area contributed by atoms with Crippen molar-refractivity contribution in [3.05, 3.63) is 10.4 Å². The molecule has 23 heavy (non-hydrogen) atoms. The number of hydrogen-bond donors (Lipinski definition) is 9. The summed E-state index contributed by atoms with van der Waals surface area (Å²) in [6.45, 7) is 0. The number of ether oxygens (including phenoxy) is 1. The van der Waals surface area contributed by atoms with E-state index >= 15 is 0 Å². The van der Waals surface area contributed by atoms with E-state index in [9.17, 15) is 19.8 Å². The molecule has 2 rings (SSSR count). The van der Waals surface area contributed by atoms with Gasteiger partial charge in [0.15, 0.2) is 18.1 Å². The van der Waals surface area contributed by atoms with Crippen LogP contribution >= 0.6 is 7.94 Å². The molecule has 0 saturated carbocycles. The van der Waals surface area contributed by atoms with Crippen molar-refractivity contribution < 1.29 is 34.4 Å². The Morgan fingerprint density at radius 1 is 1.26 bits per heavy atom. The van der Waals surface area contributed by atoms with Gasteiger partial charge in [-0.05, 0) is 0 Å². The van der Waals surface area contributed by atoms with Crippen LogP contribution in [-0.2, 0) is 9.53 Å². The van der Waals surface area contributed by atoms with Gasteiger partial charge in [-0.25, -0.2) is 4.79 Å². The van der Waals surface area contributed by atoms with Crippen molar-refractivity contribution in [3.8, 4) is 0 Å². The summed E-state index contributed by atoms with van der Waals surface area (Å²) in [7, 11) is -4.93. The number of carbonyl (C=O) groups excluding carboxylic acids is 1. The van der Waals surface area contributed by atoms with Gasteiger partial charge in [-0.1, -0.05) is 0 Å². The maximum atomic E-state index is 11.6. The molecule has 0 aliphatic carbocycles. The Kier molecular flexibility index (Phi) is 4.54. The number of rotatable bonds is 4. The third-order valence-corrected chi connectivity index (χ3v) is 3.90. The average Bonchev–Trinajstić information content (AvgIpc) is 2.70. The lowest BCUT2D eigenvalue weighted by atomic mass is 10.1. The molecule has 1 aliphatic rings. The van der Waals surface area contributed by atoms with Gasteiger partial charge in [0.25, 0.3) is 5.56 Å². The highest BCUT2D eigenvalue weighted by Crippen LogP contribution is 2.48. The number of aliphatic hydroxyl groups is 2. The lowest BCUT2D eigenvalue weighted by Gasteiger charge is -2.17. The Balaban J connectivity index is 2.23. The van der Waals surface area contributed by atoms with E-state index in [0.717, 1.165) is 0 Å². The topological polar surface area (TPSA) is 237 Å². The number of H-pyrrole nitrogens is 1. The SMILES string of the molecule is Nc1nc(NC2O[C@H](C(=O)[P+](O)(O)O)[C@@H](O)[C@H]2O)c(N)c(=O)[nH]1. The molecule has 1 aromatic rings. The number of anilines is 3. The lowest BCUT2D eigenvalue weighted by Crippen LogP contribution is -2.38. The molecule has 2 heterocycles. The molecule has 1 fully saturated rings. The average molecular weight is 352 g/mol. The molecule has 0 radical (unpaired) electrons. The monoisotopic (exact) mass is 352 g/mol. The normalized spacial score (nSPS) is 27.9. The number of hydrogen-bond acceptors (Lipinski definition) is 12. The van der Waals surface area contributed by atoms with Crippen LogP contribution in [0.15, 0.2) is 4.79 Å². The smallest absolute Gasteiger partial charge is 0.391 e. The number of carbonyl (C=O) groups is 1. The maximum absolute atomic E-state index is 11.6. The van der Waals surface area contributed by atoms with Crippen molar-refractivity contribution in [1.29, 1.82) is 0 Å². The van der Waals surface area contributed by atoms with Gasteiger partial charge in [0.1, 0.15) is 17.9 Å². The first kappa shape index (κ1) is 17.5. The van der Waals surface area contributed by atoms with Crippen molar-refractivity contribution in [2.75, 3.05) is 16.8 Å². The van der Waals surface area contributed by atoms with E-state index in [2.05, 4.69) is 15.3 Å². The number of nitrogens with zero attached hydrogens (tertiary/aromatic N) is 1. The van der Waals surface area contributed by atoms with E-state index in [4.69, 9.17) is 30.9 Å². The second kappa shape index (κ2) is 5.98. The quantitative estimate of drug-likeness (QED) is 0.236. The Morgan fingerprint density at radius 3 is 2.43 bits per heavy atom. The number of nitrogens with one attached hydrogen (secondary N) is 2. The molecule has 14 heteroatoms. The molecule has 0 amide bonds. The van der Waals surface area contributed by atoms with E-state index in [1.54, 1.807) is 0 Å². The van der Waals surface area contributed by atoms with Gasteiger partial charge in [0.2, 0.25) is 5.95 Å². The Hall–Kier alpha value is -1.86. The second-order valence-electron chi connectivity index (χ2n) is 4.72. The fraction of sp³-hybridized carbons (Fsp3) is 0.444. The van der Waals surface area contributed by atoms with E-state index in [-0.39, 0.29) is 11.8 Å². The van der Waals surface area contributed by atoms with Crippen LogP contribution in [0.1, 0.15) is 0 Å². The first-order chi connectivity index (χ1) is 10.5. The molecule has 0 aromatic carbocycles. The third kappa shape index (κ3) is 3.40. The van der Waals surface area contributed by atoms with Gasteiger partial charge >= 0.3 is 13.5 Å². The van der Waals surface area contributed by atoms with E-state index < -0.39 is 49.3 Å². The summed E-state index contributed by atoms with van der Waals surface area (Å²) in [5.41, 5.74) is 8.05. The number of aliphatic hydroxyl groups excluding tert-OH is 2. The van der Waals surface area contributed by atoms with Crippen LogP contribution < -0.4 is 22.3 Å². The van der Waals surface area contributed by atoms with E-state index in [0.29, 0.717) is 0 Å². The van der Waals surface area contributed by atoms with Crippen molar-refractivity contribution in [2.45, 2.75) is 24.5 Å².